The summed E-state index contributed by atoms with van der Waals surface area (Å²) in [4.78, 5) is 4.11. The second kappa shape index (κ2) is 3.85. The Morgan fingerprint density at radius 3 is 3.17 bits per heavy atom. The number of halogens is 1. The lowest BCUT2D eigenvalue weighted by Crippen LogP contribution is -2.28. The summed E-state index contributed by atoms with van der Waals surface area (Å²) >= 11 is 0. The van der Waals surface area contributed by atoms with Crippen LogP contribution in [-0.2, 0) is 6.54 Å². The van der Waals surface area contributed by atoms with Gasteiger partial charge in [-0.3, -0.25) is 4.98 Å². The number of hydrogen-bond donors (Lipinski definition) is 2. The quantitative estimate of drug-likeness (QED) is 0.625. The molecule has 1 aliphatic heterocycles. The maximum atomic E-state index is 9.44. The number of β-amino-alcohol motifs (C(OH)–C–C–N with tert-alkyl or cyclic N) is 1. The Bertz CT molecular complexity index is 267. The minimum Gasteiger partial charge on any atom is -0.385 e. The minimum absolute atomic E-state index is 0. The van der Waals surface area contributed by atoms with Crippen molar-refractivity contribution in [3.63, 3.8) is 0 Å². The Morgan fingerprint density at radius 2 is 2.42 bits per heavy atom. The lowest BCUT2D eigenvalue weighted by atomic mass is 10.1. The van der Waals surface area contributed by atoms with Crippen LogP contribution in [0.15, 0.2) is 18.3 Å². The van der Waals surface area contributed by atoms with Crippen LogP contribution in [0.4, 0.5) is 0 Å². The molecule has 2 rings (SSSR count). The predicted molar refractivity (Wildman–Crippen MR) is 48.2 cm³/mol. The SMILES string of the molecule is Cl.OC1CNCc2cccnc21. The average Bonchev–Trinajstić information content (AvgIpc) is 2.06. The summed E-state index contributed by atoms with van der Waals surface area (Å²) in [7, 11) is 0. The second-order valence-corrected chi connectivity index (χ2v) is 2.69. The summed E-state index contributed by atoms with van der Waals surface area (Å²) < 4.78 is 0. The predicted octanol–water partition coefficient (Wildman–Crippen LogP) is 0.640. The highest BCUT2D eigenvalue weighted by molar-refractivity contribution is 5.85. The molecule has 1 aliphatic rings. The lowest BCUT2D eigenvalue weighted by molar-refractivity contribution is 0.160. The van der Waals surface area contributed by atoms with E-state index in [1.807, 2.05) is 12.1 Å². The third-order valence-corrected chi connectivity index (χ3v) is 1.89. The number of rotatable bonds is 0. The van der Waals surface area contributed by atoms with Crippen LogP contribution in [0.25, 0.3) is 0 Å². The van der Waals surface area contributed by atoms with Gasteiger partial charge in [-0.25, -0.2) is 0 Å². The van der Waals surface area contributed by atoms with E-state index < -0.39 is 6.10 Å². The summed E-state index contributed by atoms with van der Waals surface area (Å²) in [6.45, 7) is 1.43. The molecule has 2 N–H and O–H groups in total. The number of pyridine rings is 1. The van der Waals surface area contributed by atoms with Crippen molar-refractivity contribution in [1.82, 2.24) is 10.3 Å². The molecule has 1 aromatic rings. The first-order chi connectivity index (χ1) is 5.38. The van der Waals surface area contributed by atoms with Gasteiger partial charge >= 0.3 is 0 Å². The van der Waals surface area contributed by atoms with Crippen LogP contribution < -0.4 is 5.32 Å². The van der Waals surface area contributed by atoms with Crippen molar-refractivity contribution in [1.29, 1.82) is 0 Å². The van der Waals surface area contributed by atoms with Crippen LogP contribution in [-0.4, -0.2) is 16.6 Å². The Kier molecular flexibility index (Phi) is 3.03. The number of nitrogens with zero attached hydrogens (tertiary/aromatic N) is 1. The number of aliphatic hydroxyl groups is 1. The summed E-state index contributed by atoms with van der Waals surface area (Å²) in [6.07, 6.45) is 1.29. The van der Waals surface area contributed by atoms with E-state index in [2.05, 4.69) is 10.3 Å². The molecule has 2 heterocycles. The Balaban J connectivity index is 0.000000720. The molecule has 1 unspecified atom stereocenters. The van der Waals surface area contributed by atoms with Crippen LogP contribution >= 0.6 is 12.4 Å². The Hall–Kier alpha value is -0.640. The van der Waals surface area contributed by atoms with Crippen molar-refractivity contribution in [2.45, 2.75) is 12.6 Å². The Labute approximate surface area is 77.2 Å². The van der Waals surface area contributed by atoms with Gasteiger partial charge < -0.3 is 10.4 Å². The van der Waals surface area contributed by atoms with E-state index in [1.54, 1.807) is 6.20 Å². The monoisotopic (exact) mass is 186 g/mol. The van der Waals surface area contributed by atoms with Crippen LogP contribution in [0, 0.1) is 0 Å². The topological polar surface area (TPSA) is 45.1 Å². The molecule has 0 aliphatic carbocycles. The zero-order chi connectivity index (χ0) is 7.68. The highest BCUT2D eigenvalue weighted by atomic mass is 35.5. The highest BCUT2D eigenvalue weighted by Crippen LogP contribution is 2.17. The molecule has 3 nitrogen and oxygen atoms in total. The number of fused-ring (bicyclic) bond motifs is 1. The fraction of sp³-hybridized carbons (Fsp3) is 0.375. The van der Waals surface area contributed by atoms with Crippen LogP contribution in [0.1, 0.15) is 17.4 Å². The van der Waals surface area contributed by atoms with E-state index in [-0.39, 0.29) is 12.4 Å². The zero-order valence-corrected chi connectivity index (χ0v) is 7.34. The molecule has 0 amide bonds. The zero-order valence-electron chi connectivity index (χ0n) is 6.53. The van der Waals surface area contributed by atoms with Gasteiger partial charge in [0.1, 0.15) is 6.10 Å². The van der Waals surface area contributed by atoms with Gasteiger partial charge in [0, 0.05) is 19.3 Å². The molecule has 1 aromatic heterocycles. The molecule has 0 fully saturated rings. The molecule has 0 spiro atoms. The minimum atomic E-state index is -0.431. The van der Waals surface area contributed by atoms with E-state index in [9.17, 15) is 5.11 Å². The fourth-order valence-corrected chi connectivity index (χ4v) is 1.34. The largest absolute Gasteiger partial charge is 0.385 e. The molecular weight excluding hydrogens is 176 g/mol. The molecule has 0 bridgehead atoms. The lowest BCUT2D eigenvalue weighted by Gasteiger charge is -2.20. The van der Waals surface area contributed by atoms with E-state index in [0.717, 1.165) is 17.8 Å². The van der Waals surface area contributed by atoms with E-state index in [4.69, 9.17) is 0 Å². The van der Waals surface area contributed by atoms with Crippen molar-refractivity contribution in [3.8, 4) is 0 Å². The van der Waals surface area contributed by atoms with Crippen LogP contribution in [0.5, 0.6) is 0 Å². The number of aromatic nitrogens is 1. The van der Waals surface area contributed by atoms with E-state index in [1.165, 1.54) is 0 Å². The van der Waals surface area contributed by atoms with Gasteiger partial charge in [-0.1, -0.05) is 6.07 Å². The molecule has 12 heavy (non-hydrogen) atoms. The normalized spacial score (nSPS) is 20.9. The van der Waals surface area contributed by atoms with Gasteiger partial charge in [0.05, 0.1) is 5.69 Å². The highest BCUT2D eigenvalue weighted by Gasteiger charge is 2.17. The van der Waals surface area contributed by atoms with Crippen LogP contribution in [0.2, 0.25) is 0 Å². The molecule has 0 aromatic carbocycles. The molecular formula is C8H11ClN2O. The van der Waals surface area contributed by atoms with Gasteiger partial charge in [0.15, 0.2) is 0 Å². The first-order valence-electron chi connectivity index (χ1n) is 3.70. The summed E-state index contributed by atoms with van der Waals surface area (Å²) in [5.74, 6) is 0. The summed E-state index contributed by atoms with van der Waals surface area (Å²) in [5, 5.41) is 12.5. The maximum Gasteiger partial charge on any atom is 0.109 e. The Morgan fingerprint density at radius 1 is 1.58 bits per heavy atom. The van der Waals surface area contributed by atoms with Crippen molar-refractivity contribution < 1.29 is 5.11 Å². The third-order valence-electron chi connectivity index (χ3n) is 1.89. The van der Waals surface area contributed by atoms with Gasteiger partial charge in [-0.15, -0.1) is 12.4 Å². The third kappa shape index (κ3) is 1.58. The standard InChI is InChI=1S/C8H10N2O.ClH/c11-7-5-9-4-6-2-1-3-10-8(6)7;/h1-3,7,9,11H,4-5H2;1H. The fourth-order valence-electron chi connectivity index (χ4n) is 1.34. The number of nitrogens with one attached hydrogen (secondary N) is 1. The first-order valence-corrected chi connectivity index (χ1v) is 3.70. The summed E-state index contributed by atoms with van der Waals surface area (Å²) in [5.41, 5.74) is 1.93. The van der Waals surface area contributed by atoms with Crippen molar-refractivity contribution in [2.75, 3.05) is 6.54 Å². The smallest absolute Gasteiger partial charge is 0.109 e. The van der Waals surface area contributed by atoms with Gasteiger partial charge in [0.25, 0.3) is 0 Å². The van der Waals surface area contributed by atoms with Gasteiger partial charge in [0.2, 0.25) is 0 Å². The molecule has 0 saturated carbocycles. The van der Waals surface area contributed by atoms with Crippen molar-refractivity contribution in [3.05, 3.63) is 29.6 Å². The molecule has 0 radical (unpaired) electrons. The van der Waals surface area contributed by atoms with E-state index in [0.29, 0.717) is 6.54 Å². The number of hydrogen-bond acceptors (Lipinski definition) is 3. The molecule has 66 valence electrons. The maximum absolute atomic E-state index is 9.44. The second-order valence-electron chi connectivity index (χ2n) is 2.69. The van der Waals surface area contributed by atoms with Crippen molar-refractivity contribution >= 4 is 12.4 Å². The first kappa shape index (κ1) is 9.45. The molecule has 1 atom stereocenters. The van der Waals surface area contributed by atoms with Gasteiger partial charge in [-0.05, 0) is 11.6 Å². The van der Waals surface area contributed by atoms with Crippen molar-refractivity contribution in [2.24, 2.45) is 0 Å². The number of aliphatic hydroxyl groups excluding tert-OH is 1. The van der Waals surface area contributed by atoms with Crippen LogP contribution in [0.3, 0.4) is 0 Å². The van der Waals surface area contributed by atoms with E-state index >= 15 is 0 Å². The summed E-state index contributed by atoms with van der Waals surface area (Å²) in [6, 6.07) is 3.87. The average molecular weight is 187 g/mol. The van der Waals surface area contributed by atoms with Gasteiger partial charge in [-0.2, -0.15) is 0 Å². The molecule has 0 saturated heterocycles. The molecule has 4 heteroatoms.